The lowest BCUT2D eigenvalue weighted by molar-refractivity contribution is -1.02. The zero-order chi connectivity index (χ0) is 21.6. The molecule has 1 atom stereocenters. The first-order chi connectivity index (χ1) is 14.3. The van der Waals surface area contributed by atoms with Crippen molar-refractivity contribution in [2.75, 3.05) is 38.0 Å². The van der Waals surface area contributed by atoms with Crippen LogP contribution in [-0.4, -0.2) is 44.7 Å². The summed E-state index contributed by atoms with van der Waals surface area (Å²) in [6.07, 6.45) is -0.220. The second kappa shape index (κ2) is 9.91. The summed E-state index contributed by atoms with van der Waals surface area (Å²) in [5.41, 5.74) is 0.169. The van der Waals surface area contributed by atoms with Gasteiger partial charge in [-0.15, -0.1) is 0 Å². The highest BCUT2D eigenvalue weighted by molar-refractivity contribution is 5.94. The monoisotopic (exact) mass is 419 g/mol. The molecule has 30 heavy (non-hydrogen) atoms. The van der Waals surface area contributed by atoms with E-state index in [1.807, 2.05) is 18.2 Å². The molecule has 2 aromatic rings. The second-order valence-electron chi connectivity index (χ2n) is 7.68. The van der Waals surface area contributed by atoms with Gasteiger partial charge in [0.15, 0.2) is 6.04 Å². The van der Waals surface area contributed by atoms with Crippen molar-refractivity contribution >= 4 is 17.7 Å². The molecule has 3 N–H and O–H groups in total. The third-order valence-corrected chi connectivity index (χ3v) is 5.61. The fraction of sp³-hybridized carbons (Fsp3) is 0.348. The number of piperazine rings is 1. The molecule has 0 spiro atoms. The van der Waals surface area contributed by atoms with Gasteiger partial charge in [-0.2, -0.15) is 13.2 Å². The summed E-state index contributed by atoms with van der Waals surface area (Å²) in [5.74, 6) is -0.380. The summed E-state index contributed by atoms with van der Waals surface area (Å²) < 4.78 is 39.4. The molecule has 0 unspecified atom stereocenters. The van der Waals surface area contributed by atoms with E-state index >= 15 is 0 Å². The molecule has 0 saturated carbocycles. The predicted octanol–water partition coefficient (Wildman–Crippen LogP) is 1.53. The van der Waals surface area contributed by atoms with E-state index in [1.54, 1.807) is 6.92 Å². The minimum atomic E-state index is -4.50. The quantitative estimate of drug-likeness (QED) is 0.653. The van der Waals surface area contributed by atoms with Crippen molar-refractivity contribution in [3.8, 4) is 0 Å². The third-order valence-electron chi connectivity index (χ3n) is 5.61. The lowest BCUT2D eigenvalue weighted by atomic mass is 10.1. The number of nitrogens with one attached hydrogen (secondary N) is 3. The zero-order valence-electron chi connectivity index (χ0n) is 17.0. The normalized spacial score (nSPS) is 20.8. The van der Waals surface area contributed by atoms with Gasteiger partial charge in [0, 0.05) is 0 Å². The topological polar surface area (TPSA) is 38.0 Å². The molecule has 1 heterocycles. The number of anilines is 1. The summed E-state index contributed by atoms with van der Waals surface area (Å²) in [5, 5.41) is 2.48. The minimum Gasteiger partial charge on any atom is -0.322 e. The van der Waals surface area contributed by atoms with Crippen LogP contribution in [0.1, 0.15) is 18.1 Å². The molecule has 1 saturated heterocycles. The van der Waals surface area contributed by atoms with Crippen LogP contribution in [0.4, 0.5) is 18.9 Å². The molecule has 0 radical (unpaired) electrons. The summed E-state index contributed by atoms with van der Waals surface area (Å²) in [6, 6.07) is 14.8. The molecule has 1 fully saturated rings. The Labute approximate surface area is 175 Å². The molecule has 2 aromatic carbocycles. The maximum Gasteiger partial charge on any atom is 0.418 e. The first kappa shape index (κ1) is 22.1. The van der Waals surface area contributed by atoms with Crippen molar-refractivity contribution < 1.29 is 27.8 Å². The zero-order valence-corrected chi connectivity index (χ0v) is 17.0. The Kier molecular flexibility index (Phi) is 7.29. The van der Waals surface area contributed by atoms with Crippen LogP contribution in [0.15, 0.2) is 60.7 Å². The van der Waals surface area contributed by atoms with Crippen molar-refractivity contribution in [1.29, 1.82) is 0 Å². The predicted molar refractivity (Wildman–Crippen MR) is 111 cm³/mol. The Hall–Kier alpha value is -2.64. The Balaban J connectivity index is 1.50. The van der Waals surface area contributed by atoms with Gasteiger partial charge in [0.2, 0.25) is 0 Å². The molecular weight excluding hydrogens is 391 g/mol. The van der Waals surface area contributed by atoms with Crippen LogP contribution in [0.2, 0.25) is 0 Å². The van der Waals surface area contributed by atoms with Gasteiger partial charge in [0.05, 0.1) is 17.8 Å². The van der Waals surface area contributed by atoms with Crippen molar-refractivity contribution in [2.45, 2.75) is 19.1 Å². The number of quaternary nitrogens is 2. The van der Waals surface area contributed by atoms with E-state index in [4.69, 9.17) is 0 Å². The standard InChI is InChI=1S/C23H26F3N3O/c1-18(22(30)27-21-12-6-5-11-20(21)23(24,25)26)29-16-14-28(15-17-29)13-7-10-19-8-3-2-4-9-19/h2-12,18H,13-17H2,1H3,(H,27,30)/p+2/b10-7+/t18-/m1/s1. The van der Waals surface area contributed by atoms with E-state index in [9.17, 15) is 18.0 Å². The van der Waals surface area contributed by atoms with Gasteiger partial charge >= 0.3 is 6.18 Å². The van der Waals surface area contributed by atoms with E-state index in [-0.39, 0.29) is 11.6 Å². The molecule has 160 valence electrons. The van der Waals surface area contributed by atoms with E-state index in [0.717, 1.165) is 43.7 Å². The number of hydrogen-bond donors (Lipinski definition) is 3. The van der Waals surface area contributed by atoms with Gasteiger partial charge in [-0.25, -0.2) is 0 Å². The molecule has 0 aromatic heterocycles. The number of rotatable bonds is 6. The fourth-order valence-corrected chi connectivity index (χ4v) is 3.75. The summed E-state index contributed by atoms with van der Waals surface area (Å²) in [6.45, 7) is 6.16. The molecule has 1 amide bonds. The Morgan fingerprint density at radius 2 is 1.67 bits per heavy atom. The van der Waals surface area contributed by atoms with Gasteiger partial charge in [-0.1, -0.05) is 48.5 Å². The van der Waals surface area contributed by atoms with E-state index < -0.39 is 17.8 Å². The number of benzene rings is 2. The average Bonchev–Trinajstić information content (AvgIpc) is 2.74. The van der Waals surface area contributed by atoms with Crippen LogP contribution in [-0.2, 0) is 11.0 Å². The van der Waals surface area contributed by atoms with Gasteiger partial charge in [0.25, 0.3) is 5.91 Å². The number of carbonyl (C=O) groups excluding carboxylic acids is 1. The lowest BCUT2D eigenvalue weighted by Crippen LogP contribution is -3.29. The number of alkyl halides is 3. The average molecular weight is 419 g/mol. The van der Waals surface area contributed by atoms with Crippen LogP contribution < -0.4 is 15.1 Å². The van der Waals surface area contributed by atoms with Gasteiger partial charge < -0.3 is 15.1 Å². The fourth-order valence-electron chi connectivity index (χ4n) is 3.75. The van der Waals surface area contributed by atoms with Crippen LogP contribution in [0.5, 0.6) is 0 Å². The highest BCUT2D eigenvalue weighted by Crippen LogP contribution is 2.34. The third kappa shape index (κ3) is 5.93. The van der Waals surface area contributed by atoms with Crippen LogP contribution >= 0.6 is 0 Å². The molecule has 7 heteroatoms. The van der Waals surface area contributed by atoms with Crippen molar-refractivity contribution in [3.05, 3.63) is 71.8 Å². The highest BCUT2D eigenvalue weighted by atomic mass is 19.4. The maximum absolute atomic E-state index is 13.1. The molecule has 4 nitrogen and oxygen atoms in total. The lowest BCUT2D eigenvalue weighted by Gasteiger charge is -2.32. The maximum atomic E-state index is 13.1. The minimum absolute atomic E-state index is 0.184. The number of para-hydroxylation sites is 1. The first-order valence-electron chi connectivity index (χ1n) is 10.2. The summed E-state index contributed by atoms with van der Waals surface area (Å²) >= 11 is 0. The number of carbonyl (C=O) groups is 1. The Morgan fingerprint density at radius 1 is 1.03 bits per heavy atom. The number of halogens is 3. The molecule has 1 aliphatic rings. The summed E-state index contributed by atoms with van der Waals surface area (Å²) in [7, 11) is 0. The van der Waals surface area contributed by atoms with Crippen molar-refractivity contribution in [3.63, 3.8) is 0 Å². The molecule has 0 aliphatic carbocycles. The molecule has 3 rings (SSSR count). The number of hydrogen-bond acceptors (Lipinski definition) is 1. The molecule has 1 aliphatic heterocycles. The largest absolute Gasteiger partial charge is 0.418 e. The number of amides is 1. The Morgan fingerprint density at radius 3 is 2.33 bits per heavy atom. The van der Waals surface area contributed by atoms with Crippen LogP contribution in [0, 0.1) is 0 Å². The van der Waals surface area contributed by atoms with Crippen molar-refractivity contribution in [2.24, 2.45) is 0 Å². The van der Waals surface area contributed by atoms with Crippen LogP contribution in [0.25, 0.3) is 6.08 Å². The smallest absolute Gasteiger partial charge is 0.322 e. The van der Waals surface area contributed by atoms with Gasteiger partial charge in [0.1, 0.15) is 26.2 Å². The second-order valence-corrected chi connectivity index (χ2v) is 7.68. The van der Waals surface area contributed by atoms with Gasteiger partial charge in [-0.05, 0) is 30.7 Å². The first-order valence-corrected chi connectivity index (χ1v) is 10.2. The van der Waals surface area contributed by atoms with Crippen molar-refractivity contribution in [1.82, 2.24) is 0 Å². The SMILES string of the molecule is C[C@H](C(=O)Nc1ccccc1C(F)(F)F)[NH+]1CC[NH+](C/C=C/c2ccccc2)CC1. The summed E-state index contributed by atoms with van der Waals surface area (Å²) in [4.78, 5) is 15.1. The molecule has 0 bridgehead atoms. The van der Waals surface area contributed by atoms with E-state index in [0.29, 0.717) is 0 Å². The van der Waals surface area contributed by atoms with E-state index in [1.165, 1.54) is 28.7 Å². The van der Waals surface area contributed by atoms with Gasteiger partial charge in [-0.3, -0.25) is 4.79 Å². The van der Waals surface area contributed by atoms with E-state index in [2.05, 4.69) is 29.6 Å². The van der Waals surface area contributed by atoms with Crippen LogP contribution in [0.3, 0.4) is 0 Å². The highest BCUT2D eigenvalue weighted by Gasteiger charge is 2.35. The molecular formula is C23H28F3N3O+2. The Bertz CT molecular complexity index is 859.